The van der Waals surface area contributed by atoms with E-state index >= 15 is 0 Å². The molecule has 20 heavy (non-hydrogen) atoms. The Bertz CT molecular complexity index is 287. The van der Waals surface area contributed by atoms with E-state index in [4.69, 9.17) is 15.2 Å². The molecule has 2 aliphatic rings. The van der Waals surface area contributed by atoms with Crippen LogP contribution in [0.4, 0.5) is 0 Å². The average molecular weight is 283 g/mol. The molecule has 3 heteroatoms. The Hall–Kier alpha value is -0.120. The Labute approximate surface area is 124 Å². The first-order valence-electron chi connectivity index (χ1n) is 8.47. The van der Waals surface area contributed by atoms with Gasteiger partial charge in [-0.2, -0.15) is 0 Å². The first-order valence-corrected chi connectivity index (χ1v) is 8.47. The standard InChI is InChI=1S/C17H33NO2/c1-12(2)15-5-7-17(11-18,8-6-15)20-16-9-13(3)19-14(4)10-16/h12-16H,5-11,18H2,1-4H3. The molecule has 1 aliphatic heterocycles. The maximum Gasteiger partial charge on any atom is 0.0808 e. The first kappa shape index (κ1) is 16.3. The van der Waals surface area contributed by atoms with E-state index in [2.05, 4.69) is 27.7 Å². The highest BCUT2D eigenvalue weighted by Gasteiger charge is 2.39. The van der Waals surface area contributed by atoms with Gasteiger partial charge < -0.3 is 15.2 Å². The van der Waals surface area contributed by atoms with Crippen molar-refractivity contribution in [3.05, 3.63) is 0 Å². The fourth-order valence-corrected chi connectivity index (χ4v) is 4.00. The molecule has 0 amide bonds. The fourth-order valence-electron chi connectivity index (χ4n) is 4.00. The van der Waals surface area contributed by atoms with Crippen molar-refractivity contribution in [2.75, 3.05) is 6.54 Å². The van der Waals surface area contributed by atoms with Gasteiger partial charge in [0.2, 0.25) is 0 Å². The summed E-state index contributed by atoms with van der Waals surface area (Å²) in [5.41, 5.74) is 6.03. The van der Waals surface area contributed by atoms with E-state index in [0.717, 1.165) is 37.5 Å². The second-order valence-corrected chi connectivity index (χ2v) is 7.44. The summed E-state index contributed by atoms with van der Waals surface area (Å²) in [4.78, 5) is 0. The minimum atomic E-state index is -0.0627. The fraction of sp³-hybridized carbons (Fsp3) is 1.00. The molecule has 0 aromatic heterocycles. The van der Waals surface area contributed by atoms with Gasteiger partial charge in [-0.05, 0) is 64.2 Å². The third-order valence-corrected chi connectivity index (χ3v) is 5.33. The van der Waals surface area contributed by atoms with Gasteiger partial charge in [-0.25, -0.2) is 0 Å². The monoisotopic (exact) mass is 283 g/mol. The number of rotatable bonds is 4. The van der Waals surface area contributed by atoms with E-state index in [-0.39, 0.29) is 5.60 Å². The van der Waals surface area contributed by atoms with E-state index in [0.29, 0.717) is 24.9 Å². The van der Waals surface area contributed by atoms with Crippen molar-refractivity contribution >= 4 is 0 Å². The average Bonchev–Trinajstić information content (AvgIpc) is 2.38. The normalized spacial score (nSPS) is 42.9. The summed E-state index contributed by atoms with van der Waals surface area (Å²) >= 11 is 0. The van der Waals surface area contributed by atoms with Crippen LogP contribution in [0, 0.1) is 11.8 Å². The molecular formula is C17H33NO2. The van der Waals surface area contributed by atoms with E-state index < -0.39 is 0 Å². The number of hydrogen-bond acceptors (Lipinski definition) is 3. The van der Waals surface area contributed by atoms with E-state index in [1.54, 1.807) is 0 Å². The van der Waals surface area contributed by atoms with Gasteiger partial charge >= 0.3 is 0 Å². The van der Waals surface area contributed by atoms with Crippen LogP contribution in [-0.2, 0) is 9.47 Å². The molecule has 0 aromatic carbocycles. The highest BCUT2D eigenvalue weighted by Crippen LogP contribution is 2.39. The minimum Gasteiger partial charge on any atom is -0.375 e. The lowest BCUT2D eigenvalue weighted by Crippen LogP contribution is -2.49. The molecule has 2 fully saturated rings. The molecule has 1 saturated heterocycles. The van der Waals surface area contributed by atoms with E-state index in [1.807, 2.05) is 0 Å². The van der Waals surface area contributed by atoms with Crippen LogP contribution in [0.1, 0.15) is 66.2 Å². The minimum absolute atomic E-state index is 0.0627. The van der Waals surface area contributed by atoms with Crippen molar-refractivity contribution in [1.29, 1.82) is 0 Å². The van der Waals surface area contributed by atoms with Gasteiger partial charge in [-0.1, -0.05) is 13.8 Å². The zero-order valence-corrected chi connectivity index (χ0v) is 13.7. The summed E-state index contributed by atoms with van der Waals surface area (Å²) < 4.78 is 12.3. The lowest BCUT2D eigenvalue weighted by Gasteiger charge is -2.44. The van der Waals surface area contributed by atoms with Crippen LogP contribution in [0.5, 0.6) is 0 Å². The quantitative estimate of drug-likeness (QED) is 0.859. The molecule has 1 saturated carbocycles. The van der Waals surface area contributed by atoms with Crippen LogP contribution < -0.4 is 5.73 Å². The molecular weight excluding hydrogens is 250 g/mol. The Morgan fingerprint density at radius 3 is 2.15 bits per heavy atom. The number of hydrogen-bond donors (Lipinski definition) is 1. The van der Waals surface area contributed by atoms with Crippen molar-refractivity contribution in [3.63, 3.8) is 0 Å². The van der Waals surface area contributed by atoms with E-state index in [1.165, 1.54) is 12.8 Å². The topological polar surface area (TPSA) is 44.5 Å². The Kier molecular flexibility index (Phi) is 5.49. The maximum atomic E-state index is 6.53. The van der Waals surface area contributed by atoms with Gasteiger partial charge in [0.1, 0.15) is 0 Å². The van der Waals surface area contributed by atoms with Crippen molar-refractivity contribution in [3.8, 4) is 0 Å². The molecule has 1 aliphatic carbocycles. The molecule has 2 atom stereocenters. The molecule has 1 heterocycles. The zero-order valence-electron chi connectivity index (χ0n) is 13.7. The van der Waals surface area contributed by atoms with Crippen molar-refractivity contribution < 1.29 is 9.47 Å². The van der Waals surface area contributed by atoms with Crippen LogP contribution in [0.3, 0.4) is 0 Å². The molecule has 2 N–H and O–H groups in total. The summed E-state index contributed by atoms with van der Waals surface area (Å²) in [5, 5.41) is 0. The predicted molar refractivity (Wildman–Crippen MR) is 82.7 cm³/mol. The third-order valence-electron chi connectivity index (χ3n) is 5.33. The van der Waals surface area contributed by atoms with Gasteiger partial charge in [-0.15, -0.1) is 0 Å². The highest BCUT2D eigenvalue weighted by atomic mass is 16.5. The summed E-state index contributed by atoms with van der Waals surface area (Å²) in [6.45, 7) is 9.64. The molecule has 118 valence electrons. The van der Waals surface area contributed by atoms with E-state index in [9.17, 15) is 0 Å². The van der Waals surface area contributed by atoms with Crippen LogP contribution in [0.25, 0.3) is 0 Å². The van der Waals surface area contributed by atoms with Crippen LogP contribution >= 0.6 is 0 Å². The van der Waals surface area contributed by atoms with Crippen LogP contribution in [0.2, 0.25) is 0 Å². The number of nitrogens with two attached hydrogens (primary N) is 1. The second kappa shape index (κ2) is 6.76. The summed E-state index contributed by atoms with van der Waals surface area (Å²) in [6.07, 6.45) is 7.77. The summed E-state index contributed by atoms with van der Waals surface area (Å²) in [5.74, 6) is 1.64. The molecule has 0 spiro atoms. The molecule has 2 rings (SSSR count). The zero-order chi connectivity index (χ0) is 14.8. The Balaban J connectivity index is 1.92. The van der Waals surface area contributed by atoms with Gasteiger partial charge in [0.25, 0.3) is 0 Å². The second-order valence-electron chi connectivity index (χ2n) is 7.44. The summed E-state index contributed by atoms with van der Waals surface area (Å²) in [6, 6.07) is 0. The van der Waals surface area contributed by atoms with Crippen molar-refractivity contribution in [2.24, 2.45) is 17.6 Å². The summed E-state index contributed by atoms with van der Waals surface area (Å²) in [7, 11) is 0. The van der Waals surface area contributed by atoms with Gasteiger partial charge in [0.15, 0.2) is 0 Å². The Morgan fingerprint density at radius 2 is 1.70 bits per heavy atom. The van der Waals surface area contributed by atoms with Crippen LogP contribution in [0.15, 0.2) is 0 Å². The van der Waals surface area contributed by atoms with Gasteiger partial charge in [0.05, 0.1) is 23.9 Å². The molecule has 2 unspecified atom stereocenters. The van der Waals surface area contributed by atoms with Crippen LogP contribution in [-0.4, -0.2) is 30.5 Å². The molecule has 3 nitrogen and oxygen atoms in total. The predicted octanol–water partition coefficient (Wildman–Crippen LogP) is 3.50. The molecule has 0 bridgehead atoms. The molecule has 0 radical (unpaired) electrons. The van der Waals surface area contributed by atoms with Crippen molar-refractivity contribution in [2.45, 2.75) is 90.1 Å². The highest BCUT2D eigenvalue weighted by molar-refractivity contribution is 4.91. The Morgan fingerprint density at radius 1 is 1.15 bits per heavy atom. The first-order chi connectivity index (χ1) is 9.44. The lowest BCUT2D eigenvalue weighted by molar-refractivity contribution is -0.168. The lowest BCUT2D eigenvalue weighted by atomic mass is 9.74. The van der Waals surface area contributed by atoms with Crippen molar-refractivity contribution in [1.82, 2.24) is 0 Å². The van der Waals surface area contributed by atoms with Gasteiger partial charge in [0, 0.05) is 6.54 Å². The molecule has 0 aromatic rings. The largest absolute Gasteiger partial charge is 0.375 e. The smallest absolute Gasteiger partial charge is 0.0808 e. The van der Waals surface area contributed by atoms with Gasteiger partial charge in [-0.3, -0.25) is 0 Å². The third kappa shape index (κ3) is 3.96. The number of ether oxygens (including phenoxy) is 2. The SMILES string of the molecule is CC1CC(OC2(CN)CCC(C(C)C)CC2)CC(C)O1. The maximum absolute atomic E-state index is 6.53.